The lowest BCUT2D eigenvalue weighted by molar-refractivity contribution is 0.173. The number of likely N-dealkylation sites (N-methyl/N-ethyl adjacent to an activating group) is 1. The molecule has 0 radical (unpaired) electrons. The maximum atomic E-state index is 5.93. The first kappa shape index (κ1) is 17.9. The second kappa shape index (κ2) is 10.8. The molecule has 0 amide bonds. The van der Waals surface area contributed by atoms with Gasteiger partial charge in [-0.2, -0.15) is 0 Å². The molecule has 18 heavy (non-hydrogen) atoms. The van der Waals surface area contributed by atoms with Crippen molar-refractivity contribution < 1.29 is 0 Å². The zero-order valence-corrected chi connectivity index (χ0v) is 13.3. The Morgan fingerprint density at radius 3 is 1.94 bits per heavy atom. The summed E-state index contributed by atoms with van der Waals surface area (Å²) in [6.45, 7) is 17.9. The monoisotopic (exact) mass is 257 g/mol. The Labute approximate surface area is 115 Å². The van der Waals surface area contributed by atoms with Crippen molar-refractivity contribution in [3.05, 3.63) is 0 Å². The maximum absolute atomic E-state index is 5.93. The molecule has 3 nitrogen and oxygen atoms in total. The molecule has 1 atom stereocenters. The minimum atomic E-state index is 0.562. The summed E-state index contributed by atoms with van der Waals surface area (Å²) >= 11 is 0. The third kappa shape index (κ3) is 7.34. The summed E-state index contributed by atoms with van der Waals surface area (Å²) in [6, 6.07) is 0.562. The summed E-state index contributed by atoms with van der Waals surface area (Å²) < 4.78 is 0. The van der Waals surface area contributed by atoms with Gasteiger partial charge < -0.3 is 10.6 Å². The molecule has 0 bridgehead atoms. The second-order valence-corrected chi connectivity index (χ2v) is 5.53. The molecule has 0 aromatic heterocycles. The Morgan fingerprint density at radius 1 is 0.944 bits per heavy atom. The van der Waals surface area contributed by atoms with Crippen molar-refractivity contribution in [2.45, 2.75) is 53.5 Å². The van der Waals surface area contributed by atoms with Crippen molar-refractivity contribution >= 4 is 0 Å². The molecule has 3 heteroatoms. The van der Waals surface area contributed by atoms with Gasteiger partial charge in [-0.3, -0.25) is 4.90 Å². The summed E-state index contributed by atoms with van der Waals surface area (Å²) in [5.74, 6) is 0.732. The van der Waals surface area contributed by atoms with Crippen LogP contribution >= 0.6 is 0 Å². The van der Waals surface area contributed by atoms with Crippen molar-refractivity contribution in [1.82, 2.24) is 9.80 Å². The molecule has 0 aromatic carbocycles. The molecule has 0 aliphatic carbocycles. The van der Waals surface area contributed by atoms with Crippen molar-refractivity contribution in [2.75, 3.05) is 39.3 Å². The first-order valence-electron chi connectivity index (χ1n) is 7.75. The Kier molecular flexibility index (Phi) is 10.7. The molecule has 0 saturated carbocycles. The highest BCUT2D eigenvalue weighted by molar-refractivity contribution is 4.73. The fourth-order valence-electron chi connectivity index (χ4n) is 2.57. The third-order valence-electron chi connectivity index (χ3n) is 3.75. The topological polar surface area (TPSA) is 32.5 Å². The van der Waals surface area contributed by atoms with E-state index in [4.69, 9.17) is 5.73 Å². The van der Waals surface area contributed by atoms with E-state index < -0.39 is 0 Å². The average molecular weight is 257 g/mol. The first-order valence-corrected chi connectivity index (χ1v) is 7.75. The van der Waals surface area contributed by atoms with Crippen LogP contribution in [0.25, 0.3) is 0 Å². The Balaban J connectivity index is 4.07. The summed E-state index contributed by atoms with van der Waals surface area (Å²) in [4.78, 5) is 5.05. The minimum absolute atomic E-state index is 0.562. The van der Waals surface area contributed by atoms with Crippen molar-refractivity contribution in [3.63, 3.8) is 0 Å². The van der Waals surface area contributed by atoms with Gasteiger partial charge in [0.25, 0.3) is 0 Å². The predicted molar refractivity (Wildman–Crippen MR) is 81.9 cm³/mol. The van der Waals surface area contributed by atoms with Crippen LogP contribution in [0.5, 0.6) is 0 Å². The van der Waals surface area contributed by atoms with Gasteiger partial charge in [-0.25, -0.2) is 0 Å². The zero-order valence-electron chi connectivity index (χ0n) is 13.3. The van der Waals surface area contributed by atoms with Crippen LogP contribution < -0.4 is 5.73 Å². The van der Waals surface area contributed by atoms with Gasteiger partial charge in [-0.05, 0) is 51.5 Å². The van der Waals surface area contributed by atoms with E-state index in [1.807, 2.05) is 0 Å². The third-order valence-corrected chi connectivity index (χ3v) is 3.75. The highest BCUT2D eigenvalue weighted by Gasteiger charge is 2.16. The van der Waals surface area contributed by atoms with Crippen LogP contribution in [-0.2, 0) is 0 Å². The highest BCUT2D eigenvalue weighted by Crippen LogP contribution is 2.11. The Hall–Kier alpha value is -0.120. The number of hydrogen-bond donors (Lipinski definition) is 1. The maximum Gasteiger partial charge on any atom is 0.0220 e. The van der Waals surface area contributed by atoms with E-state index in [2.05, 4.69) is 44.4 Å². The van der Waals surface area contributed by atoms with Crippen LogP contribution in [0.15, 0.2) is 0 Å². The van der Waals surface area contributed by atoms with E-state index in [9.17, 15) is 0 Å². The van der Waals surface area contributed by atoms with Crippen LogP contribution in [0.1, 0.15) is 47.5 Å². The molecular weight excluding hydrogens is 222 g/mol. The molecule has 2 N–H and O–H groups in total. The van der Waals surface area contributed by atoms with E-state index in [1.54, 1.807) is 0 Å². The van der Waals surface area contributed by atoms with Gasteiger partial charge in [0.1, 0.15) is 0 Å². The minimum Gasteiger partial charge on any atom is -0.329 e. The van der Waals surface area contributed by atoms with E-state index in [1.165, 1.54) is 25.9 Å². The van der Waals surface area contributed by atoms with Crippen molar-refractivity contribution in [3.8, 4) is 0 Å². The Morgan fingerprint density at radius 2 is 1.56 bits per heavy atom. The van der Waals surface area contributed by atoms with Crippen LogP contribution in [-0.4, -0.2) is 55.1 Å². The molecule has 0 saturated heterocycles. The predicted octanol–water partition coefficient (Wildman–Crippen LogP) is 2.41. The molecule has 0 aliphatic rings. The van der Waals surface area contributed by atoms with Gasteiger partial charge in [0.2, 0.25) is 0 Å². The number of nitrogens with zero attached hydrogens (tertiary/aromatic N) is 2. The van der Waals surface area contributed by atoms with Gasteiger partial charge in [0.05, 0.1) is 0 Å². The number of hydrogen-bond acceptors (Lipinski definition) is 3. The van der Waals surface area contributed by atoms with Crippen LogP contribution in [0, 0.1) is 5.92 Å². The van der Waals surface area contributed by atoms with Crippen LogP contribution in [0.3, 0.4) is 0 Å². The number of rotatable bonds is 11. The van der Waals surface area contributed by atoms with Gasteiger partial charge >= 0.3 is 0 Å². The largest absolute Gasteiger partial charge is 0.329 e. The first-order chi connectivity index (χ1) is 8.58. The van der Waals surface area contributed by atoms with Crippen molar-refractivity contribution in [1.29, 1.82) is 0 Å². The second-order valence-electron chi connectivity index (χ2n) is 5.53. The lowest BCUT2D eigenvalue weighted by atomic mass is 10.0. The highest BCUT2D eigenvalue weighted by atomic mass is 15.2. The molecule has 0 spiro atoms. The van der Waals surface area contributed by atoms with Gasteiger partial charge in [0, 0.05) is 12.6 Å². The van der Waals surface area contributed by atoms with Gasteiger partial charge in [-0.1, -0.05) is 34.6 Å². The fraction of sp³-hybridized carbons (Fsp3) is 1.00. The quantitative estimate of drug-likeness (QED) is 0.617. The van der Waals surface area contributed by atoms with Gasteiger partial charge in [-0.15, -0.1) is 0 Å². The molecule has 0 aromatic rings. The average Bonchev–Trinajstić information content (AvgIpc) is 2.36. The molecule has 0 fully saturated rings. The smallest absolute Gasteiger partial charge is 0.0220 e. The van der Waals surface area contributed by atoms with E-state index in [0.717, 1.165) is 32.1 Å². The Bertz CT molecular complexity index is 179. The van der Waals surface area contributed by atoms with E-state index in [-0.39, 0.29) is 0 Å². The standard InChI is InChI=1S/C15H35N3/c1-6-17(7-2)10-9-11-18(8-3)15(13-16)12-14(4)5/h14-15H,6-13,16H2,1-5H3. The van der Waals surface area contributed by atoms with Gasteiger partial charge in [0.15, 0.2) is 0 Å². The summed E-state index contributed by atoms with van der Waals surface area (Å²) in [7, 11) is 0. The lowest BCUT2D eigenvalue weighted by Crippen LogP contribution is -2.42. The normalized spacial score (nSPS) is 13.8. The summed E-state index contributed by atoms with van der Waals surface area (Å²) in [5.41, 5.74) is 5.93. The molecule has 1 unspecified atom stereocenters. The van der Waals surface area contributed by atoms with Crippen molar-refractivity contribution in [2.24, 2.45) is 11.7 Å². The van der Waals surface area contributed by atoms with Crippen LogP contribution in [0.2, 0.25) is 0 Å². The fourth-order valence-corrected chi connectivity index (χ4v) is 2.57. The number of nitrogens with two attached hydrogens (primary N) is 1. The zero-order chi connectivity index (χ0) is 14.0. The van der Waals surface area contributed by atoms with Crippen LogP contribution in [0.4, 0.5) is 0 Å². The molecule has 0 heterocycles. The SMILES string of the molecule is CCN(CC)CCCN(CC)C(CN)CC(C)C. The lowest BCUT2D eigenvalue weighted by Gasteiger charge is -2.31. The van der Waals surface area contributed by atoms with E-state index >= 15 is 0 Å². The molecule has 0 aliphatic heterocycles. The molecule has 0 rings (SSSR count). The summed E-state index contributed by atoms with van der Waals surface area (Å²) in [6.07, 6.45) is 2.47. The summed E-state index contributed by atoms with van der Waals surface area (Å²) in [5, 5.41) is 0. The molecular formula is C15H35N3. The molecule has 110 valence electrons. The van der Waals surface area contributed by atoms with E-state index in [0.29, 0.717) is 6.04 Å².